The van der Waals surface area contributed by atoms with Crippen molar-refractivity contribution in [2.45, 2.75) is 11.4 Å². The van der Waals surface area contributed by atoms with E-state index in [1.807, 2.05) is 42.1 Å². The van der Waals surface area contributed by atoms with E-state index in [1.165, 1.54) is 10.8 Å². The number of nitrogens with zero attached hydrogens (tertiary/aromatic N) is 1. The lowest BCUT2D eigenvalue weighted by Crippen LogP contribution is -2.30. The zero-order valence-corrected chi connectivity index (χ0v) is 10.5. The Balaban J connectivity index is 1.88. The molecule has 92 valence electrons. The predicted octanol–water partition coefficient (Wildman–Crippen LogP) is 2.13. The fourth-order valence-electron chi connectivity index (χ4n) is 1.84. The van der Waals surface area contributed by atoms with Crippen molar-refractivity contribution in [3.8, 4) is 0 Å². The zero-order chi connectivity index (χ0) is 12.4. The highest BCUT2D eigenvalue weighted by Crippen LogP contribution is 2.41. The van der Waals surface area contributed by atoms with Crippen LogP contribution in [0.15, 0.2) is 59.5 Å². The Morgan fingerprint density at radius 2 is 1.89 bits per heavy atom. The van der Waals surface area contributed by atoms with E-state index in [2.05, 4.69) is 0 Å². The van der Waals surface area contributed by atoms with E-state index in [4.69, 9.17) is 4.84 Å². The molecule has 2 aromatic rings. The Morgan fingerprint density at radius 3 is 2.56 bits per heavy atom. The van der Waals surface area contributed by atoms with Crippen LogP contribution in [-0.2, 0) is 0 Å². The van der Waals surface area contributed by atoms with E-state index in [-0.39, 0.29) is 11.7 Å². The molecule has 0 saturated carbocycles. The highest BCUT2D eigenvalue weighted by atomic mass is 32.2. The van der Waals surface area contributed by atoms with Crippen LogP contribution >= 0.6 is 11.8 Å². The Hall–Kier alpha value is -1.68. The van der Waals surface area contributed by atoms with Crippen molar-refractivity contribution in [1.29, 1.82) is 0 Å². The molecular formula is C14H13NO2S. The first-order valence-electron chi connectivity index (χ1n) is 5.86. The van der Waals surface area contributed by atoms with Gasteiger partial charge in [-0.1, -0.05) is 36.4 Å². The van der Waals surface area contributed by atoms with E-state index in [9.17, 15) is 4.79 Å². The molecule has 18 heavy (non-hydrogen) atoms. The van der Waals surface area contributed by atoms with Crippen LogP contribution in [-0.4, -0.2) is 15.7 Å². The summed E-state index contributed by atoms with van der Waals surface area (Å²) in [5.74, 6) is 1.08. The zero-order valence-electron chi connectivity index (χ0n) is 9.73. The summed E-state index contributed by atoms with van der Waals surface area (Å²) >= 11 is 1.86. The summed E-state index contributed by atoms with van der Waals surface area (Å²) < 4.78 is 1.32. The van der Waals surface area contributed by atoms with Crippen molar-refractivity contribution in [1.82, 2.24) is 4.73 Å². The van der Waals surface area contributed by atoms with Crippen LogP contribution in [0.2, 0.25) is 0 Å². The SMILES string of the molecule is O=c1ccccn1OC(c1ccccc1)C1CS1. The van der Waals surface area contributed by atoms with Gasteiger partial charge in [0.1, 0.15) is 0 Å². The minimum absolute atomic E-state index is 0.0590. The van der Waals surface area contributed by atoms with Crippen LogP contribution in [0.3, 0.4) is 0 Å². The third-order valence-corrected chi connectivity index (χ3v) is 3.81. The van der Waals surface area contributed by atoms with E-state index in [0.29, 0.717) is 5.25 Å². The number of pyridine rings is 1. The summed E-state index contributed by atoms with van der Waals surface area (Å²) in [5.41, 5.74) is 0.979. The molecular weight excluding hydrogens is 246 g/mol. The highest BCUT2D eigenvalue weighted by Gasteiger charge is 2.35. The number of benzene rings is 1. The number of aromatic nitrogens is 1. The smallest absolute Gasteiger partial charge is 0.282 e. The van der Waals surface area contributed by atoms with Crippen molar-refractivity contribution >= 4 is 11.8 Å². The number of rotatable bonds is 4. The van der Waals surface area contributed by atoms with E-state index >= 15 is 0 Å². The lowest BCUT2D eigenvalue weighted by atomic mass is 10.1. The van der Waals surface area contributed by atoms with Gasteiger partial charge in [0, 0.05) is 18.0 Å². The molecule has 1 aromatic heterocycles. The predicted molar refractivity (Wildman–Crippen MR) is 72.7 cm³/mol. The quantitative estimate of drug-likeness (QED) is 0.788. The monoisotopic (exact) mass is 259 g/mol. The molecule has 3 nitrogen and oxygen atoms in total. The molecule has 1 fully saturated rings. The average Bonchev–Trinajstić information content (AvgIpc) is 3.23. The maximum absolute atomic E-state index is 11.7. The van der Waals surface area contributed by atoms with Gasteiger partial charge in [-0.3, -0.25) is 4.79 Å². The highest BCUT2D eigenvalue weighted by molar-refractivity contribution is 8.06. The second kappa shape index (κ2) is 4.90. The van der Waals surface area contributed by atoms with Gasteiger partial charge in [-0.05, 0) is 11.6 Å². The van der Waals surface area contributed by atoms with Gasteiger partial charge in [0.25, 0.3) is 5.56 Å². The van der Waals surface area contributed by atoms with Crippen molar-refractivity contribution in [2.75, 3.05) is 5.75 Å². The largest absolute Gasteiger partial charge is 0.402 e. The molecule has 0 radical (unpaired) electrons. The molecule has 0 amide bonds. The lowest BCUT2D eigenvalue weighted by Gasteiger charge is -2.18. The first-order valence-corrected chi connectivity index (χ1v) is 6.91. The van der Waals surface area contributed by atoms with Crippen LogP contribution in [0.4, 0.5) is 0 Å². The normalized spacial score (nSPS) is 19.2. The average molecular weight is 259 g/mol. The minimum atomic E-state index is -0.135. The Labute approximate surface area is 109 Å². The molecule has 1 saturated heterocycles. The van der Waals surface area contributed by atoms with E-state index < -0.39 is 0 Å². The summed E-state index contributed by atoms with van der Waals surface area (Å²) in [6.07, 6.45) is 1.60. The van der Waals surface area contributed by atoms with Crippen LogP contribution in [0.25, 0.3) is 0 Å². The Bertz CT molecular complexity index is 578. The van der Waals surface area contributed by atoms with Gasteiger partial charge >= 0.3 is 0 Å². The van der Waals surface area contributed by atoms with Gasteiger partial charge in [0.15, 0.2) is 6.10 Å². The van der Waals surface area contributed by atoms with Crippen LogP contribution in [0.5, 0.6) is 0 Å². The van der Waals surface area contributed by atoms with Gasteiger partial charge in [-0.15, -0.1) is 0 Å². The molecule has 1 aliphatic heterocycles. The fourth-order valence-corrected chi connectivity index (χ4v) is 2.51. The Morgan fingerprint density at radius 1 is 1.17 bits per heavy atom. The molecule has 2 unspecified atom stereocenters. The van der Waals surface area contributed by atoms with Gasteiger partial charge in [0.05, 0.1) is 5.25 Å². The molecule has 0 spiro atoms. The van der Waals surface area contributed by atoms with E-state index in [0.717, 1.165) is 11.3 Å². The molecule has 2 atom stereocenters. The molecule has 1 aliphatic rings. The number of hydrogen-bond acceptors (Lipinski definition) is 3. The third-order valence-electron chi connectivity index (χ3n) is 2.84. The second-order valence-electron chi connectivity index (χ2n) is 4.17. The van der Waals surface area contributed by atoms with Gasteiger partial charge in [-0.2, -0.15) is 16.5 Å². The van der Waals surface area contributed by atoms with Crippen molar-refractivity contribution in [3.63, 3.8) is 0 Å². The first-order chi connectivity index (χ1) is 8.84. The summed E-state index contributed by atoms with van der Waals surface area (Å²) in [7, 11) is 0. The molecule has 0 N–H and O–H groups in total. The second-order valence-corrected chi connectivity index (χ2v) is 5.45. The van der Waals surface area contributed by atoms with Crippen LogP contribution in [0.1, 0.15) is 11.7 Å². The first kappa shape index (κ1) is 11.4. The summed E-state index contributed by atoms with van der Waals surface area (Å²) in [6.45, 7) is 0. The maximum atomic E-state index is 11.7. The van der Waals surface area contributed by atoms with Crippen molar-refractivity contribution in [3.05, 3.63) is 70.6 Å². The van der Waals surface area contributed by atoms with Crippen molar-refractivity contribution < 1.29 is 4.84 Å². The molecule has 0 aliphatic carbocycles. The number of thioether (sulfide) groups is 1. The van der Waals surface area contributed by atoms with Gasteiger partial charge < -0.3 is 4.84 Å². The molecule has 2 heterocycles. The van der Waals surface area contributed by atoms with Gasteiger partial charge in [-0.25, -0.2) is 0 Å². The molecule has 0 bridgehead atoms. The van der Waals surface area contributed by atoms with E-state index in [1.54, 1.807) is 18.3 Å². The maximum Gasteiger partial charge on any atom is 0.282 e. The van der Waals surface area contributed by atoms with Gasteiger partial charge in [0.2, 0.25) is 0 Å². The summed E-state index contributed by atoms with van der Waals surface area (Å²) in [4.78, 5) is 17.5. The minimum Gasteiger partial charge on any atom is -0.402 e. The molecule has 3 rings (SSSR count). The fraction of sp³-hybridized carbons (Fsp3) is 0.214. The topological polar surface area (TPSA) is 31.2 Å². The Kier molecular flexibility index (Phi) is 3.11. The molecule has 1 aromatic carbocycles. The lowest BCUT2D eigenvalue weighted by molar-refractivity contribution is 0.0348. The summed E-state index contributed by atoms with van der Waals surface area (Å²) in [6, 6.07) is 15.1. The van der Waals surface area contributed by atoms with Crippen molar-refractivity contribution in [2.24, 2.45) is 0 Å². The van der Waals surface area contributed by atoms with Crippen LogP contribution < -0.4 is 10.4 Å². The summed E-state index contributed by atoms with van der Waals surface area (Å²) in [5, 5.41) is 0.444. The number of hydrogen-bond donors (Lipinski definition) is 0. The standard InChI is InChI=1S/C14H13NO2S/c16-13-8-4-5-9-15(13)17-14(12-10-18-12)11-6-2-1-3-7-11/h1-9,12,14H,10H2. The third kappa shape index (κ3) is 2.43. The molecule has 4 heteroatoms. The van der Waals surface area contributed by atoms with Crippen LogP contribution in [0, 0.1) is 0 Å².